The first-order chi connectivity index (χ1) is 9.68. The SMILES string of the molecule is Nc1ccccc1SCCOc1ccccc1C(=O)O. The number of carbonyl (C=O) groups is 1. The maximum atomic E-state index is 11.0. The fraction of sp³-hybridized carbons (Fsp3) is 0.133. The number of ether oxygens (including phenoxy) is 1. The van der Waals surface area contributed by atoms with Crippen molar-refractivity contribution < 1.29 is 14.6 Å². The number of hydrogen-bond donors (Lipinski definition) is 2. The summed E-state index contributed by atoms with van der Waals surface area (Å²) in [4.78, 5) is 12.0. The van der Waals surface area contributed by atoms with E-state index >= 15 is 0 Å². The lowest BCUT2D eigenvalue weighted by Crippen LogP contribution is -2.05. The van der Waals surface area contributed by atoms with Crippen LogP contribution in [0.15, 0.2) is 53.4 Å². The molecule has 0 amide bonds. The smallest absolute Gasteiger partial charge is 0.339 e. The van der Waals surface area contributed by atoms with E-state index in [-0.39, 0.29) is 5.56 Å². The van der Waals surface area contributed by atoms with Gasteiger partial charge >= 0.3 is 5.97 Å². The van der Waals surface area contributed by atoms with Gasteiger partial charge in [0.2, 0.25) is 0 Å². The second-order valence-corrected chi connectivity index (χ2v) is 5.17. The third-order valence-corrected chi connectivity index (χ3v) is 3.69. The van der Waals surface area contributed by atoms with Crippen molar-refractivity contribution in [2.24, 2.45) is 0 Å². The second kappa shape index (κ2) is 6.86. The predicted octanol–water partition coefficient (Wildman–Crippen LogP) is 3.14. The van der Waals surface area contributed by atoms with Gasteiger partial charge in [0.1, 0.15) is 11.3 Å². The van der Waals surface area contributed by atoms with Crippen LogP contribution in [0.4, 0.5) is 5.69 Å². The van der Waals surface area contributed by atoms with Crippen LogP contribution in [0.1, 0.15) is 10.4 Å². The summed E-state index contributed by atoms with van der Waals surface area (Å²) in [7, 11) is 0. The number of carboxylic acids is 1. The number of benzene rings is 2. The summed E-state index contributed by atoms with van der Waals surface area (Å²) in [5.41, 5.74) is 6.76. The molecule has 5 heteroatoms. The highest BCUT2D eigenvalue weighted by Gasteiger charge is 2.09. The van der Waals surface area contributed by atoms with Gasteiger partial charge in [-0.3, -0.25) is 0 Å². The molecule has 0 aliphatic rings. The summed E-state index contributed by atoms with van der Waals surface area (Å²) < 4.78 is 5.52. The fourth-order valence-corrected chi connectivity index (χ4v) is 2.48. The Hall–Kier alpha value is -2.14. The van der Waals surface area contributed by atoms with Crippen LogP contribution >= 0.6 is 11.8 Å². The summed E-state index contributed by atoms with van der Waals surface area (Å²) >= 11 is 1.58. The van der Waals surface area contributed by atoms with Crippen molar-refractivity contribution >= 4 is 23.4 Å². The van der Waals surface area contributed by atoms with Gasteiger partial charge in [-0.2, -0.15) is 0 Å². The van der Waals surface area contributed by atoms with Crippen LogP contribution in [-0.2, 0) is 0 Å². The summed E-state index contributed by atoms with van der Waals surface area (Å²) in [5, 5.41) is 9.03. The molecule has 0 aliphatic heterocycles. The number of carboxylic acid groups (broad SMARTS) is 1. The molecule has 2 rings (SSSR count). The van der Waals surface area contributed by atoms with Crippen LogP contribution in [0.2, 0.25) is 0 Å². The number of rotatable bonds is 6. The lowest BCUT2D eigenvalue weighted by Gasteiger charge is -2.09. The first-order valence-corrected chi connectivity index (χ1v) is 7.09. The highest BCUT2D eigenvalue weighted by Crippen LogP contribution is 2.24. The Morgan fingerprint density at radius 3 is 2.60 bits per heavy atom. The van der Waals surface area contributed by atoms with Crippen molar-refractivity contribution in [3.8, 4) is 5.75 Å². The summed E-state index contributed by atoms with van der Waals surface area (Å²) in [6.45, 7) is 0.420. The van der Waals surface area contributed by atoms with Gasteiger partial charge in [0, 0.05) is 16.3 Å². The van der Waals surface area contributed by atoms with E-state index < -0.39 is 5.97 Å². The van der Waals surface area contributed by atoms with Crippen molar-refractivity contribution in [1.82, 2.24) is 0 Å². The summed E-state index contributed by atoms with van der Waals surface area (Å²) in [6.07, 6.45) is 0. The number of nitrogens with two attached hydrogens (primary N) is 1. The van der Waals surface area contributed by atoms with E-state index in [1.54, 1.807) is 30.0 Å². The Morgan fingerprint density at radius 1 is 1.15 bits per heavy atom. The first-order valence-electron chi connectivity index (χ1n) is 6.11. The fourth-order valence-electron chi connectivity index (χ4n) is 1.68. The van der Waals surface area contributed by atoms with E-state index in [9.17, 15) is 4.79 Å². The molecule has 104 valence electrons. The molecule has 0 bridgehead atoms. The van der Waals surface area contributed by atoms with Crippen LogP contribution < -0.4 is 10.5 Å². The van der Waals surface area contributed by atoms with Gasteiger partial charge in [0.25, 0.3) is 0 Å². The number of aromatic carboxylic acids is 1. The van der Waals surface area contributed by atoms with Gasteiger partial charge in [0.15, 0.2) is 0 Å². The minimum Gasteiger partial charge on any atom is -0.492 e. The van der Waals surface area contributed by atoms with E-state index in [2.05, 4.69) is 0 Å². The van der Waals surface area contributed by atoms with Gasteiger partial charge in [-0.25, -0.2) is 4.79 Å². The summed E-state index contributed by atoms with van der Waals surface area (Å²) in [5.74, 6) is 0.101. The second-order valence-electron chi connectivity index (χ2n) is 4.04. The first kappa shape index (κ1) is 14.3. The van der Waals surface area contributed by atoms with E-state index in [4.69, 9.17) is 15.6 Å². The molecule has 0 radical (unpaired) electrons. The quantitative estimate of drug-likeness (QED) is 0.485. The molecule has 0 saturated carbocycles. The lowest BCUT2D eigenvalue weighted by molar-refractivity contribution is 0.0692. The van der Waals surface area contributed by atoms with Crippen LogP contribution in [0.5, 0.6) is 5.75 Å². The van der Waals surface area contributed by atoms with E-state index in [0.717, 1.165) is 10.6 Å². The number of thioether (sulfide) groups is 1. The number of nitrogen functional groups attached to an aromatic ring is 1. The normalized spacial score (nSPS) is 10.2. The predicted molar refractivity (Wildman–Crippen MR) is 80.5 cm³/mol. The molecule has 0 spiro atoms. The van der Waals surface area contributed by atoms with Gasteiger partial charge in [-0.15, -0.1) is 11.8 Å². The zero-order valence-electron chi connectivity index (χ0n) is 10.8. The summed E-state index contributed by atoms with van der Waals surface area (Å²) in [6, 6.07) is 14.2. The molecule has 0 saturated heterocycles. The molecule has 4 nitrogen and oxygen atoms in total. The van der Waals surface area contributed by atoms with Crippen LogP contribution in [-0.4, -0.2) is 23.4 Å². The molecule has 2 aromatic rings. The van der Waals surface area contributed by atoms with Crippen LogP contribution in [0, 0.1) is 0 Å². The molecule has 3 N–H and O–H groups in total. The molecule has 2 aromatic carbocycles. The Kier molecular flexibility index (Phi) is 4.90. The Morgan fingerprint density at radius 2 is 1.85 bits per heavy atom. The Balaban J connectivity index is 1.88. The molecule has 0 fully saturated rings. The molecular formula is C15H15NO3S. The number of para-hydroxylation sites is 2. The minimum absolute atomic E-state index is 0.178. The van der Waals surface area contributed by atoms with E-state index in [1.165, 1.54) is 6.07 Å². The van der Waals surface area contributed by atoms with Gasteiger partial charge in [0.05, 0.1) is 6.61 Å². The topological polar surface area (TPSA) is 72.5 Å². The van der Waals surface area contributed by atoms with Gasteiger partial charge in [-0.1, -0.05) is 24.3 Å². The molecule has 0 aromatic heterocycles. The molecular weight excluding hydrogens is 274 g/mol. The van der Waals surface area contributed by atoms with Crippen molar-refractivity contribution in [3.05, 3.63) is 54.1 Å². The van der Waals surface area contributed by atoms with E-state index in [1.807, 2.05) is 24.3 Å². The number of anilines is 1. The monoisotopic (exact) mass is 289 g/mol. The zero-order valence-corrected chi connectivity index (χ0v) is 11.6. The van der Waals surface area contributed by atoms with Crippen molar-refractivity contribution in [2.45, 2.75) is 4.90 Å². The maximum absolute atomic E-state index is 11.0. The third-order valence-electron chi connectivity index (χ3n) is 2.63. The molecule has 0 atom stereocenters. The van der Waals surface area contributed by atoms with Crippen LogP contribution in [0.3, 0.4) is 0 Å². The lowest BCUT2D eigenvalue weighted by atomic mass is 10.2. The standard InChI is InChI=1S/C15H15NO3S/c16-12-6-2-4-8-14(12)20-10-9-19-13-7-3-1-5-11(13)15(17)18/h1-8H,9-10,16H2,(H,17,18). The molecule has 0 aliphatic carbocycles. The van der Waals surface area contributed by atoms with Gasteiger partial charge in [-0.05, 0) is 24.3 Å². The van der Waals surface area contributed by atoms with Crippen molar-refractivity contribution in [3.63, 3.8) is 0 Å². The van der Waals surface area contributed by atoms with Crippen LogP contribution in [0.25, 0.3) is 0 Å². The maximum Gasteiger partial charge on any atom is 0.339 e. The van der Waals surface area contributed by atoms with E-state index in [0.29, 0.717) is 18.1 Å². The Labute approximate surface area is 121 Å². The average molecular weight is 289 g/mol. The van der Waals surface area contributed by atoms with Crippen molar-refractivity contribution in [1.29, 1.82) is 0 Å². The highest BCUT2D eigenvalue weighted by atomic mass is 32.2. The average Bonchev–Trinajstić information content (AvgIpc) is 2.45. The molecule has 0 unspecified atom stereocenters. The highest BCUT2D eigenvalue weighted by molar-refractivity contribution is 7.99. The largest absolute Gasteiger partial charge is 0.492 e. The third kappa shape index (κ3) is 3.68. The number of hydrogen-bond acceptors (Lipinski definition) is 4. The zero-order chi connectivity index (χ0) is 14.4. The van der Waals surface area contributed by atoms with Gasteiger partial charge < -0.3 is 15.6 Å². The molecule has 20 heavy (non-hydrogen) atoms. The minimum atomic E-state index is -0.986. The Bertz CT molecular complexity index is 601. The van der Waals surface area contributed by atoms with Crippen molar-refractivity contribution in [2.75, 3.05) is 18.1 Å². The molecule has 0 heterocycles.